The molecule has 0 radical (unpaired) electrons. The van der Waals surface area contributed by atoms with Gasteiger partial charge < -0.3 is 10.1 Å². The summed E-state index contributed by atoms with van der Waals surface area (Å²) >= 11 is 5.67. The molecule has 0 aliphatic rings. The molecule has 0 spiro atoms. The normalized spacial score (nSPS) is 10.2. The summed E-state index contributed by atoms with van der Waals surface area (Å²) in [6.45, 7) is 0. The molecule has 0 unspecified atom stereocenters. The summed E-state index contributed by atoms with van der Waals surface area (Å²) in [4.78, 5) is 6.89. The largest absolute Gasteiger partial charge is 0.508 e. The number of hydrogen-bond acceptors (Lipinski definition) is 2. The summed E-state index contributed by atoms with van der Waals surface area (Å²) < 4.78 is 0. The molecule has 1 aromatic carbocycles. The molecule has 1 aromatic heterocycles. The maximum absolute atomic E-state index is 9.21. The Hall–Kier alpha value is -1.48. The Morgan fingerprint density at radius 2 is 2.23 bits per heavy atom. The highest BCUT2D eigenvalue weighted by atomic mass is 35.5. The summed E-state index contributed by atoms with van der Waals surface area (Å²) in [5.74, 6) is 0.867. The van der Waals surface area contributed by atoms with Crippen LogP contribution in [-0.4, -0.2) is 15.1 Å². The van der Waals surface area contributed by atoms with Gasteiger partial charge in [-0.05, 0) is 12.1 Å². The Labute approximate surface area is 80.0 Å². The Kier molecular flexibility index (Phi) is 1.94. The second kappa shape index (κ2) is 3.11. The van der Waals surface area contributed by atoms with E-state index in [2.05, 4.69) is 9.97 Å². The first kappa shape index (κ1) is 8.13. The highest BCUT2D eigenvalue weighted by Crippen LogP contribution is 2.21. The van der Waals surface area contributed by atoms with Crippen molar-refractivity contribution in [2.45, 2.75) is 0 Å². The summed E-state index contributed by atoms with van der Waals surface area (Å²) in [6, 6.07) is 6.82. The van der Waals surface area contributed by atoms with E-state index in [1.165, 1.54) is 6.20 Å². The molecule has 0 aliphatic heterocycles. The van der Waals surface area contributed by atoms with E-state index >= 15 is 0 Å². The lowest BCUT2D eigenvalue weighted by atomic mass is 10.2. The molecular weight excluding hydrogens is 188 g/mol. The summed E-state index contributed by atoms with van der Waals surface area (Å²) in [7, 11) is 0. The van der Waals surface area contributed by atoms with E-state index in [1.807, 2.05) is 6.07 Å². The van der Waals surface area contributed by atoms with Crippen LogP contribution in [0.2, 0.25) is 5.15 Å². The lowest BCUT2D eigenvalue weighted by Gasteiger charge is -1.96. The van der Waals surface area contributed by atoms with E-state index in [9.17, 15) is 5.11 Å². The third kappa shape index (κ3) is 1.65. The van der Waals surface area contributed by atoms with Crippen molar-refractivity contribution in [2.24, 2.45) is 0 Å². The number of phenolic OH excluding ortho intramolecular Hbond substituents is 1. The van der Waals surface area contributed by atoms with Crippen molar-refractivity contribution >= 4 is 11.6 Å². The van der Waals surface area contributed by atoms with E-state index in [1.54, 1.807) is 18.2 Å². The fourth-order valence-corrected chi connectivity index (χ4v) is 1.24. The summed E-state index contributed by atoms with van der Waals surface area (Å²) in [5, 5.41) is 9.69. The van der Waals surface area contributed by atoms with Crippen LogP contribution in [-0.2, 0) is 0 Å². The van der Waals surface area contributed by atoms with Gasteiger partial charge in [-0.15, -0.1) is 0 Å². The average Bonchev–Trinajstić information content (AvgIpc) is 2.52. The second-order valence-electron chi connectivity index (χ2n) is 2.63. The Morgan fingerprint density at radius 1 is 1.38 bits per heavy atom. The molecule has 66 valence electrons. The molecule has 2 rings (SSSR count). The fraction of sp³-hybridized carbons (Fsp3) is 0. The number of H-pyrrole nitrogens is 1. The predicted octanol–water partition coefficient (Wildman–Crippen LogP) is 2.44. The van der Waals surface area contributed by atoms with E-state index in [-0.39, 0.29) is 5.75 Å². The molecule has 3 nitrogen and oxygen atoms in total. The minimum atomic E-state index is 0.213. The van der Waals surface area contributed by atoms with Crippen LogP contribution >= 0.6 is 11.6 Å². The number of nitrogens with one attached hydrogen (secondary N) is 1. The molecule has 2 aromatic rings. The quantitative estimate of drug-likeness (QED) is 0.733. The monoisotopic (exact) mass is 194 g/mol. The Morgan fingerprint density at radius 3 is 2.85 bits per heavy atom. The number of hydrogen-bond donors (Lipinski definition) is 2. The lowest BCUT2D eigenvalue weighted by molar-refractivity contribution is 0.475. The SMILES string of the molecule is Oc1cccc(-c2ncc(Cl)[nH]2)c1. The molecule has 0 aliphatic carbocycles. The Balaban J connectivity index is 2.46. The molecule has 0 saturated heterocycles. The zero-order valence-electron chi connectivity index (χ0n) is 6.66. The van der Waals surface area contributed by atoms with Crippen molar-refractivity contribution in [2.75, 3.05) is 0 Å². The van der Waals surface area contributed by atoms with Crippen LogP contribution < -0.4 is 0 Å². The van der Waals surface area contributed by atoms with Gasteiger partial charge in [-0.2, -0.15) is 0 Å². The molecule has 0 amide bonds. The van der Waals surface area contributed by atoms with Crippen LogP contribution in [0, 0.1) is 0 Å². The van der Waals surface area contributed by atoms with Crippen molar-refractivity contribution in [3.63, 3.8) is 0 Å². The van der Waals surface area contributed by atoms with Crippen LogP contribution in [0.15, 0.2) is 30.5 Å². The number of aromatic hydroxyl groups is 1. The molecular formula is C9H7ClN2O. The molecule has 0 atom stereocenters. The third-order valence-electron chi connectivity index (χ3n) is 1.66. The van der Waals surface area contributed by atoms with Gasteiger partial charge >= 0.3 is 0 Å². The standard InChI is InChI=1S/C9H7ClN2O/c10-8-5-11-9(12-8)6-2-1-3-7(13)4-6/h1-5,13H,(H,11,12). The summed E-state index contributed by atoms with van der Waals surface area (Å²) in [5.41, 5.74) is 0.812. The van der Waals surface area contributed by atoms with E-state index in [0.29, 0.717) is 11.0 Å². The highest BCUT2D eigenvalue weighted by Gasteiger charge is 2.01. The highest BCUT2D eigenvalue weighted by molar-refractivity contribution is 6.29. The second-order valence-corrected chi connectivity index (χ2v) is 3.04. The van der Waals surface area contributed by atoms with Gasteiger partial charge in [0.1, 0.15) is 16.7 Å². The van der Waals surface area contributed by atoms with Gasteiger partial charge in [-0.3, -0.25) is 0 Å². The van der Waals surface area contributed by atoms with Crippen molar-refractivity contribution in [3.8, 4) is 17.1 Å². The predicted molar refractivity (Wildman–Crippen MR) is 50.7 cm³/mol. The number of rotatable bonds is 1. The smallest absolute Gasteiger partial charge is 0.138 e. The number of benzene rings is 1. The van der Waals surface area contributed by atoms with Gasteiger partial charge in [0.15, 0.2) is 0 Å². The zero-order chi connectivity index (χ0) is 9.26. The van der Waals surface area contributed by atoms with Gasteiger partial charge in [0, 0.05) is 5.56 Å². The minimum Gasteiger partial charge on any atom is -0.508 e. The van der Waals surface area contributed by atoms with Gasteiger partial charge in [0.25, 0.3) is 0 Å². The topological polar surface area (TPSA) is 48.9 Å². The van der Waals surface area contributed by atoms with E-state index in [0.717, 1.165) is 5.56 Å². The first-order chi connectivity index (χ1) is 6.25. The lowest BCUT2D eigenvalue weighted by Crippen LogP contribution is -1.78. The van der Waals surface area contributed by atoms with E-state index < -0.39 is 0 Å². The molecule has 0 bridgehead atoms. The fourth-order valence-electron chi connectivity index (χ4n) is 1.10. The first-order valence-corrected chi connectivity index (χ1v) is 4.13. The molecule has 4 heteroatoms. The number of aromatic nitrogens is 2. The van der Waals surface area contributed by atoms with Crippen molar-refractivity contribution in [1.82, 2.24) is 9.97 Å². The first-order valence-electron chi connectivity index (χ1n) is 3.75. The van der Waals surface area contributed by atoms with Crippen LogP contribution in [0.5, 0.6) is 5.75 Å². The van der Waals surface area contributed by atoms with Crippen molar-refractivity contribution in [1.29, 1.82) is 0 Å². The number of halogens is 1. The number of imidazole rings is 1. The zero-order valence-corrected chi connectivity index (χ0v) is 7.42. The van der Waals surface area contributed by atoms with Gasteiger partial charge in [0.2, 0.25) is 0 Å². The third-order valence-corrected chi connectivity index (χ3v) is 1.86. The van der Waals surface area contributed by atoms with Crippen LogP contribution in [0.1, 0.15) is 0 Å². The molecule has 0 saturated carbocycles. The molecule has 1 heterocycles. The number of phenols is 1. The maximum Gasteiger partial charge on any atom is 0.138 e. The molecule has 0 fully saturated rings. The minimum absolute atomic E-state index is 0.213. The molecule has 13 heavy (non-hydrogen) atoms. The van der Waals surface area contributed by atoms with Crippen molar-refractivity contribution < 1.29 is 5.11 Å². The van der Waals surface area contributed by atoms with Crippen LogP contribution in [0.25, 0.3) is 11.4 Å². The van der Waals surface area contributed by atoms with Gasteiger partial charge in [-0.25, -0.2) is 4.98 Å². The number of aromatic amines is 1. The number of nitrogens with zero attached hydrogens (tertiary/aromatic N) is 1. The Bertz CT molecular complexity index is 425. The van der Waals surface area contributed by atoms with E-state index in [4.69, 9.17) is 11.6 Å². The van der Waals surface area contributed by atoms with Gasteiger partial charge in [0.05, 0.1) is 6.20 Å². The van der Waals surface area contributed by atoms with Gasteiger partial charge in [-0.1, -0.05) is 23.7 Å². The van der Waals surface area contributed by atoms with Crippen molar-refractivity contribution in [3.05, 3.63) is 35.6 Å². The van der Waals surface area contributed by atoms with Crippen LogP contribution in [0.4, 0.5) is 0 Å². The van der Waals surface area contributed by atoms with Crippen LogP contribution in [0.3, 0.4) is 0 Å². The average molecular weight is 195 g/mol. The maximum atomic E-state index is 9.21. The summed E-state index contributed by atoms with van der Waals surface area (Å²) in [6.07, 6.45) is 1.53. The molecule has 2 N–H and O–H groups in total.